The van der Waals surface area contributed by atoms with Gasteiger partial charge in [0.25, 0.3) is 0 Å². The number of nitrogens with zero attached hydrogens (tertiary/aromatic N) is 2. The van der Waals surface area contributed by atoms with Crippen LogP contribution in [0.2, 0.25) is 5.28 Å². The Kier molecular flexibility index (Phi) is 4.13. The minimum Gasteiger partial charge on any atom is -0.366 e. The Morgan fingerprint density at radius 1 is 1.15 bits per heavy atom. The van der Waals surface area contributed by atoms with Crippen LogP contribution >= 0.6 is 11.6 Å². The molecule has 0 aliphatic heterocycles. The van der Waals surface area contributed by atoms with Crippen LogP contribution in [-0.4, -0.2) is 9.97 Å². The van der Waals surface area contributed by atoms with Gasteiger partial charge in [-0.1, -0.05) is 29.8 Å². The maximum Gasteiger partial charge on any atom is 0.433 e. The number of hydrogen-bond donors (Lipinski definition) is 1. The van der Waals surface area contributed by atoms with Gasteiger partial charge >= 0.3 is 6.18 Å². The second-order valence-corrected chi connectivity index (χ2v) is 4.58. The van der Waals surface area contributed by atoms with Crippen LogP contribution in [-0.2, 0) is 12.7 Å². The van der Waals surface area contributed by atoms with Crippen molar-refractivity contribution in [1.29, 1.82) is 0 Å². The average Bonchev–Trinajstić information content (AvgIpc) is 2.36. The summed E-state index contributed by atoms with van der Waals surface area (Å²) in [6.07, 6.45) is -4.55. The van der Waals surface area contributed by atoms with Crippen LogP contribution in [0.15, 0.2) is 30.3 Å². The van der Waals surface area contributed by atoms with E-state index in [4.69, 9.17) is 11.6 Å². The Hall–Kier alpha value is -1.82. The van der Waals surface area contributed by atoms with E-state index in [1.165, 1.54) is 0 Å². The third kappa shape index (κ3) is 3.84. The zero-order valence-corrected chi connectivity index (χ0v) is 11.3. The predicted molar refractivity (Wildman–Crippen MR) is 70.5 cm³/mol. The van der Waals surface area contributed by atoms with Gasteiger partial charge in [0.2, 0.25) is 5.28 Å². The van der Waals surface area contributed by atoms with Crippen molar-refractivity contribution in [3.63, 3.8) is 0 Å². The topological polar surface area (TPSA) is 37.8 Å². The number of aryl methyl sites for hydroxylation is 1. The lowest BCUT2D eigenvalue weighted by Crippen LogP contribution is -2.11. The first-order valence-corrected chi connectivity index (χ1v) is 6.13. The summed E-state index contributed by atoms with van der Waals surface area (Å²) < 4.78 is 37.7. The second kappa shape index (κ2) is 5.66. The van der Waals surface area contributed by atoms with Crippen LogP contribution in [0.4, 0.5) is 19.0 Å². The summed E-state index contributed by atoms with van der Waals surface area (Å²) >= 11 is 5.50. The lowest BCUT2D eigenvalue weighted by molar-refractivity contribution is -0.141. The van der Waals surface area contributed by atoms with E-state index in [9.17, 15) is 13.2 Å². The standard InChI is InChI=1S/C13H11ClF3N3/c1-8-2-4-9(5-3-8)7-18-11-6-10(13(15,16)17)19-12(14)20-11/h2-6H,7H2,1H3,(H,18,19,20). The predicted octanol–water partition coefficient (Wildman–Crippen LogP) is 4.07. The van der Waals surface area contributed by atoms with Gasteiger partial charge in [0.1, 0.15) is 5.82 Å². The van der Waals surface area contributed by atoms with Gasteiger partial charge < -0.3 is 5.32 Å². The molecular weight excluding hydrogens is 291 g/mol. The molecule has 1 aromatic carbocycles. The number of aromatic nitrogens is 2. The summed E-state index contributed by atoms with van der Waals surface area (Å²) in [6, 6.07) is 8.45. The van der Waals surface area contributed by atoms with E-state index < -0.39 is 17.2 Å². The molecule has 0 spiro atoms. The Labute approximate surface area is 118 Å². The fourth-order valence-corrected chi connectivity index (χ4v) is 1.73. The van der Waals surface area contributed by atoms with E-state index >= 15 is 0 Å². The molecule has 106 valence electrons. The van der Waals surface area contributed by atoms with E-state index in [0.29, 0.717) is 6.54 Å². The molecule has 7 heteroatoms. The monoisotopic (exact) mass is 301 g/mol. The van der Waals surface area contributed by atoms with E-state index in [0.717, 1.165) is 17.2 Å². The molecule has 1 N–H and O–H groups in total. The molecule has 20 heavy (non-hydrogen) atoms. The molecule has 0 unspecified atom stereocenters. The highest BCUT2D eigenvalue weighted by Crippen LogP contribution is 2.29. The Morgan fingerprint density at radius 3 is 2.40 bits per heavy atom. The fourth-order valence-electron chi connectivity index (χ4n) is 1.55. The average molecular weight is 302 g/mol. The van der Waals surface area contributed by atoms with Gasteiger partial charge in [-0.2, -0.15) is 13.2 Å². The lowest BCUT2D eigenvalue weighted by Gasteiger charge is -2.10. The van der Waals surface area contributed by atoms with Crippen LogP contribution in [0.5, 0.6) is 0 Å². The van der Waals surface area contributed by atoms with Crippen molar-refractivity contribution in [2.75, 3.05) is 5.32 Å². The largest absolute Gasteiger partial charge is 0.433 e. The molecule has 2 aromatic rings. The molecule has 1 aromatic heterocycles. The number of nitrogens with one attached hydrogen (secondary N) is 1. The minimum atomic E-state index is -4.55. The van der Waals surface area contributed by atoms with Gasteiger partial charge in [-0.15, -0.1) is 0 Å². The molecule has 0 aliphatic rings. The molecule has 1 heterocycles. The molecular formula is C13H11ClF3N3. The first-order chi connectivity index (χ1) is 9.34. The summed E-state index contributed by atoms with van der Waals surface area (Å²) in [4.78, 5) is 6.88. The van der Waals surface area contributed by atoms with E-state index in [-0.39, 0.29) is 5.82 Å². The zero-order valence-electron chi connectivity index (χ0n) is 10.5. The first-order valence-electron chi connectivity index (χ1n) is 5.76. The van der Waals surface area contributed by atoms with Gasteiger partial charge in [-0.25, -0.2) is 9.97 Å². The highest BCUT2D eigenvalue weighted by atomic mass is 35.5. The van der Waals surface area contributed by atoms with Crippen molar-refractivity contribution in [3.05, 3.63) is 52.4 Å². The highest BCUT2D eigenvalue weighted by molar-refractivity contribution is 6.28. The SMILES string of the molecule is Cc1ccc(CNc2cc(C(F)(F)F)nc(Cl)n2)cc1. The van der Waals surface area contributed by atoms with E-state index in [2.05, 4.69) is 15.3 Å². The van der Waals surface area contributed by atoms with Crippen LogP contribution in [0, 0.1) is 6.92 Å². The Balaban J connectivity index is 2.13. The lowest BCUT2D eigenvalue weighted by atomic mass is 10.1. The van der Waals surface area contributed by atoms with Crippen molar-refractivity contribution in [1.82, 2.24) is 9.97 Å². The Bertz CT molecular complexity index is 597. The molecule has 0 aliphatic carbocycles. The molecule has 0 atom stereocenters. The van der Waals surface area contributed by atoms with Crippen LogP contribution < -0.4 is 5.32 Å². The second-order valence-electron chi connectivity index (χ2n) is 4.24. The number of alkyl halides is 3. The van der Waals surface area contributed by atoms with Crippen LogP contribution in [0.3, 0.4) is 0 Å². The van der Waals surface area contributed by atoms with Crippen molar-refractivity contribution in [2.24, 2.45) is 0 Å². The maximum atomic E-state index is 12.6. The number of hydrogen-bond acceptors (Lipinski definition) is 3. The summed E-state index contributed by atoms with van der Waals surface area (Å²) in [6.45, 7) is 2.31. The van der Waals surface area contributed by atoms with Gasteiger partial charge in [0, 0.05) is 12.6 Å². The molecule has 0 amide bonds. The highest BCUT2D eigenvalue weighted by Gasteiger charge is 2.33. The molecule has 0 radical (unpaired) electrons. The molecule has 0 bridgehead atoms. The van der Waals surface area contributed by atoms with Gasteiger partial charge in [-0.05, 0) is 24.1 Å². The number of anilines is 1. The summed E-state index contributed by atoms with van der Waals surface area (Å²) in [7, 11) is 0. The molecule has 0 saturated heterocycles. The third-order valence-corrected chi connectivity index (χ3v) is 2.75. The van der Waals surface area contributed by atoms with Gasteiger partial charge in [0.15, 0.2) is 5.69 Å². The van der Waals surface area contributed by atoms with Crippen molar-refractivity contribution >= 4 is 17.4 Å². The first kappa shape index (κ1) is 14.6. The zero-order chi connectivity index (χ0) is 14.8. The quantitative estimate of drug-likeness (QED) is 0.868. The normalized spacial score (nSPS) is 11.4. The van der Waals surface area contributed by atoms with Gasteiger partial charge in [0.05, 0.1) is 0 Å². The fraction of sp³-hybridized carbons (Fsp3) is 0.231. The molecule has 3 nitrogen and oxygen atoms in total. The molecule has 2 rings (SSSR count). The van der Waals surface area contributed by atoms with E-state index in [1.54, 1.807) is 0 Å². The minimum absolute atomic E-state index is 0.0397. The maximum absolute atomic E-state index is 12.6. The van der Waals surface area contributed by atoms with Crippen LogP contribution in [0.25, 0.3) is 0 Å². The summed E-state index contributed by atoms with van der Waals surface area (Å²) in [5.41, 5.74) is 0.973. The Morgan fingerprint density at radius 2 is 1.80 bits per heavy atom. The van der Waals surface area contributed by atoms with Crippen LogP contribution in [0.1, 0.15) is 16.8 Å². The number of halogens is 4. The molecule has 0 fully saturated rings. The van der Waals surface area contributed by atoms with Crippen molar-refractivity contribution in [2.45, 2.75) is 19.6 Å². The van der Waals surface area contributed by atoms with E-state index in [1.807, 2.05) is 31.2 Å². The van der Waals surface area contributed by atoms with Crippen molar-refractivity contribution in [3.8, 4) is 0 Å². The van der Waals surface area contributed by atoms with Crippen molar-refractivity contribution < 1.29 is 13.2 Å². The smallest absolute Gasteiger partial charge is 0.366 e. The molecule has 0 saturated carbocycles. The number of rotatable bonds is 3. The van der Waals surface area contributed by atoms with Gasteiger partial charge in [-0.3, -0.25) is 0 Å². The summed E-state index contributed by atoms with van der Waals surface area (Å²) in [5.74, 6) is 0.0397. The number of benzene rings is 1. The summed E-state index contributed by atoms with van der Waals surface area (Å²) in [5, 5.41) is 2.36. The third-order valence-electron chi connectivity index (χ3n) is 2.58.